The van der Waals surface area contributed by atoms with Gasteiger partial charge in [0.15, 0.2) is 0 Å². The number of amides is 2. The Hall–Kier alpha value is -1.72. The van der Waals surface area contributed by atoms with Gasteiger partial charge in [-0.2, -0.15) is 0 Å². The van der Waals surface area contributed by atoms with E-state index in [4.69, 9.17) is 0 Å². The van der Waals surface area contributed by atoms with Crippen molar-refractivity contribution in [3.05, 3.63) is 0 Å². The standard InChI is InChI=1S/C5H6N2O4/c8-1-4(10)6-3-7-5(11)2-9/h1-2H,3H2,(H,6,10)(H,7,11). The zero-order chi connectivity index (χ0) is 8.69. The quantitative estimate of drug-likeness (QED) is 0.270. The van der Waals surface area contributed by atoms with Gasteiger partial charge in [-0.05, 0) is 0 Å². The highest BCUT2D eigenvalue weighted by Gasteiger charge is 1.97. The van der Waals surface area contributed by atoms with Crippen LogP contribution in [0.1, 0.15) is 0 Å². The molecule has 0 fully saturated rings. The average Bonchev–Trinajstić information content (AvgIpc) is 2.04. The number of hydrogen-bond donors (Lipinski definition) is 2. The summed E-state index contributed by atoms with van der Waals surface area (Å²) in [5, 5.41) is 4.00. The van der Waals surface area contributed by atoms with Crippen molar-refractivity contribution in [2.24, 2.45) is 0 Å². The van der Waals surface area contributed by atoms with E-state index < -0.39 is 11.8 Å². The maximum absolute atomic E-state index is 10.2. The Labute approximate surface area is 61.9 Å². The van der Waals surface area contributed by atoms with Crippen LogP contribution in [0.5, 0.6) is 0 Å². The topological polar surface area (TPSA) is 92.3 Å². The minimum Gasteiger partial charge on any atom is -0.332 e. The molecule has 0 aromatic heterocycles. The van der Waals surface area contributed by atoms with Crippen molar-refractivity contribution in [2.75, 3.05) is 6.67 Å². The zero-order valence-corrected chi connectivity index (χ0v) is 5.49. The Balaban J connectivity index is 3.41. The molecule has 0 radical (unpaired) electrons. The van der Waals surface area contributed by atoms with E-state index in [1.807, 2.05) is 10.6 Å². The zero-order valence-electron chi connectivity index (χ0n) is 5.49. The fourth-order valence-electron chi connectivity index (χ4n) is 0.302. The number of rotatable bonds is 4. The second kappa shape index (κ2) is 5.10. The molecule has 0 aliphatic rings. The molecule has 2 amide bonds. The van der Waals surface area contributed by atoms with Gasteiger partial charge in [-0.1, -0.05) is 0 Å². The third kappa shape index (κ3) is 4.76. The van der Waals surface area contributed by atoms with E-state index in [-0.39, 0.29) is 19.2 Å². The normalized spacial score (nSPS) is 8.00. The van der Waals surface area contributed by atoms with Crippen LogP contribution in [0, 0.1) is 0 Å². The minimum atomic E-state index is -0.851. The van der Waals surface area contributed by atoms with Crippen LogP contribution >= 0.6 is 0 Å². The van der Waals surface area contributed by atoms with Crippen molar-refractivity contribution in [3.63, 3.8) is 0 Å². The highest BCUT2D eigenvalue weighted by atomic mass is 16.2. The van der Waals surface area contributed by atoms with Gasteiger partial charge in [0.1, 0.15) is 0 Å². The second-order valence-electron chi connectivity index (χ2n) is 1.49. The van der Waals surface area contributed by atoms with E-state index in [0.717, 1.165) is 0 Å². The summed E-state index contributed by atoms with van der Waals surface area (Å²) in [6.07, 6.45) is 0.125. The van der Waals surface area contributed by atoms with Gasteiger partial charge >= 0.3 is 0 Å². The van der Waals surface area contributed by atoms with Crippen LogP contribution in [-0.2, 0) is 19.2 Å². The van der Waals surface area contributed by atoms with Crippen LogP contribution in [0.2, 0.25) is 0 Å². The van der Waals surface area contributed by atoms with Crippen LogP contribution in [0.15, 0.2) is 0 Å². The lowest BCUT2D eigenvalue weighted by Crippen LogP contribution is -2.38. The molecule has 0 aliphatic heterocycles. The number of hydrogen-bond acceptors (Lipinski definition) is 4. The summed E-state index contributed by atoms with van der Waals surface area (Å²) in [5.41, 5.74) is 0. The molecule has 11 heavy (non-hydrogen) atoms. The first-order valence-electron chi connectivity index (χ1n) is 2.66. The lowest BCUT2D eigenvalue weighted by Gasteiger charge is -1.98. The van der Waals surface area contributed by atoms with Gasteiger partial charge in [0, 0.05) is 0 Å². The smallest absolute Gasteiger partial charge is 0.285 e. The Morgan fingerprint density at radius 2 is 1.36 bits per heavy atom. The van der Waals surface area contributed by atoms with Crippen LogP contribution in [0.25, 0.3) is 0 Å². The monoisotopic (exact) mass is 158 g/mol. The Morgan fingerprint density at radius 1 is 1.00 bits per heavy atom. The largest absolute Gasteiger partial charge is 0.332 e. The minimum absolute atomic E-state index is 0.0626. The summed E-state index contributed by atoms with van der Waals surface area (Å²) in [5.74, 6) is -1.70. The molecule has 0 rings (SSSR count). The van der Waals surface area contributed by atoms with E-state index in [1.165, 1.54) is 0 Å². The molecular weight excluding hydrogens is 152 g/mol. The van der Waals surface area contributed by atoms with Crippen LogP contribution in [0.4, 0.5) is 0 Å². The molecule has 0 aliphatic carbocycles. The summed E-state index contributed by atoms with van der Waals surface area (Å²) in [6, 6.07) is 0. The van der Waals surface area contributed by atoms with E-state index in [9.17, 15) is 19.2 Å². The van der Waals surface area contributed by atoms with E-state index >= 15 is 0 Å². The molecule has 0 aromatic carbocycles. The number of aldehydes is 2. The van der Waals surface area contributed by atoms with Gasteiger partial charge < -0.3 is 10.6 Å². The number of carbonyl (C=O) groups is 4. The average molecular weight is 158 g/mol. The van der Waals surface area contributed by atoms with E-state index in [2.05, 4.69) is 0 Å². The fourth-order valence-corrected chi connectivity index (χ4v) is 0.302. The Kier molecular flexibility index (Phi) is 4.30. The molecule has 0 saturated carbocycles. The molecule has 0 atom stereocenters. The van der Waals surface area contributed by atoms with Crippen LogP contribution < -0.4 is 10.6 Å². The first-order valence-corrected chi connectivity index (χ1v) is 2.66. The summed E-state index contributed by atoms with van der Waals surface area (Å²) >= 11 is 0. The molecule has 6 nitrogen and oxygen atoms in total. The maximum atomic E-state index is 10.2. The van der Waals surface area contributed by atoms with Gasteiger partial charge in [-0.15, -0.1) is 0 Å². The molecule has 0 aromatic rings. The Bertz CT molecular complexity index is 169. The lowest BCUT2D eigenvalue weighted by atomic mass is 10.6. The van der Waals surface area contributed by atoms with Gasteiger partial charge in [-0.3, -0.25) is 19.2 Å². The molecule has 0 bridgehead atoms. The van der Waals surface area contributed by atoms with Gasteiger partial charge in [0.05, 0.1) is 6.67 Å². The van der Waals surface area contributed by atoms with Crippen molar-refractivity contribution in [3.8, 4) is 0 Å². The Morgan fingerprint density at radius 3 is 1.64 bits per heavy atom. The summed E-state index contributed by atoms with van der Waals surface area (Å²) < 4.78 is 0. The lowest BCUT2D eigenvalue weighted by molar-refractivity contribution is -0.133. The number of carbonyl (C=O) groups excluding carboxylic acids is 4. The van der Waals surface area contributed by atoms with Crippen LogP contribution in [-0.4, -0.2) is 31.1 Å². The van der Waals surface area contributed by atoms with Crippen molar-refractivity contribution < 1.29 is 19.2 Å². The van der Waals surface area contributed by atoms with Gasteiger partial charge in [0.25, 0.3) is 11.8 Å². The van der Waals surface area contributed by atoms with Crippen molar-refractivity contribution in [1.82, 2.24) is 10.6 Å². The van der Waals surface area contributed by atoms with Gasteiger partial charge in [-0.25, -0.2) is 0 Å². The van der Waals surface area contributed by atoms with Crippen molar-refractivity contribution >= 4 is 24.4 Å². The first-order chi connectivity index (χ1) is 5.20. The molecule has 6 heteroatoms. The first kappa shape index (κ1) is 9.28. The molecule has 60 valence electrons. The van der Waals surface area contributed by atoms with E-state index in [1.54, 1.807) is 0 Å². The fraction of sp³-hybridized carbons (Fsp3) is 0.200. The molecule has 0 heterocycles. The van der Waals surface area contributed by atoms with Crippen molar-refractivity contribution in [2.45, 2.75) is 0 Å². The third-order valence-electron chi connectivity index (χ3n) is 0.739. The number of nitrogens with one attached hydrogen (secondary N) is 2. The summed E-state index contributed by atoms with van der Waals surface area (Å²) in [7, 11) is 0. The molecule has 0 unspecified atom stereocenters. The maximum Gasteiger partial charge on any atom is 0.285 e. The van der Waals surface area contributed by atoms with Crippen LogP contribution in [0.3, 0.4) is 0 Å². The SMILES string of the molecule is O=CC(=O)NCNC(=O)C=O. The highest BCUT2D eigenvalue weighted by molar-refractivity contribution is 6.24. The van der Waals surface area contributed by atoms with E-state index in [0.29, 0.717) is 0 Å². The summed E-state index contributed by atoms with van der Waals surface area (Å²) in [4.78, 5) is 39.6. The molecular formula is C5H6N2O4. The third-order valence-corrected chi connectivity index (χ3v) is 0.739. The second-order valence-corrected chi connectivity index (χ2v) is 1.49. The predicted octanol–water partition coefficient (Wildman–Crippen LogP) is -2.43. The van der Waals surface area contributed by atoms with Crippen molar-refractivity contribution in [1.29, 1.82) is 0 Å². The molecule has 0 spiro atoms. The summed E-state index contributed by atoms with van der Waals surface area (Å²) in [6.45, 7) is -0.227. The molecule has 2 N–H and O–H groups in total. The predicted molar refractivity (Wildman–Crippen MR) is 33.3 cm³/mol. The van der Waals surface area contributed by atoms with Gasteiger partial charge in [0.2, 0.25) is 12.6 Å². The highest BCUT2D eigenvalue weighted by Crippen LogP contribution is 1.56. The molecule has 0 saturated heterocycles.